The van der Waals surface area contributed by atoms with Gasteiger partial charge < -0.3 is 30.0 Å². The van der Waals surface area contributed by atoms with Gasteiger partial charge in [-0.3, -0.25) is 14.7 Å². The van der Waals surface area contributed by atoms with Crippen LogP contribution in [0.2, 0.25) is 5.02 Å². The number of carbonyl (C=O) groups is 1. The van der Waals surface area contributed by atoms with Crippen LogP contribution < -0.4 is 24.8 Å². The summed E-state index contributed by atoms with van der Waals surface area (Å²) in [5, 5.41) is 26.5. The average Bonchev–Trinajstić information content (AvgIpc) is 3.88. The van der Waals surface area contributed by atoms with Crippen LogP contribution in [0.15, 0.2) is 67.0 Å². The molecule has 11 heteroatoms. The first-order chi connectivity index (χ1) is 27.3. The molecule has 3 aliphatic heterocycles. The lowest BCUT2D eigenvalue weighted by molar-refractivity contribution is -0.119. The van der Waals surface area contributed by atoms with E-state index in [0.717, 1.165) is 73.1 Å². The molecule has 3 fully saturated rings. The molecule has 1 aliphatic carbocycles. The summed E-state index contributed by atoms with van der Waals surface area (Å²) >= 11 is 6.94. The SMILES string of the molecule is Cc1c(OCCCN2C3CCC2CC(O)C3)cccc1-c1cccc2c1CC[C@@H]2Oc1cc(OCc2cncc(C#N)c2)c(CNCC2CCC(=O)N2)cc1Cl. The number of ether oxygens (including phenoxy) is 3. The highest BCUT2D eigenvalue weighted by Crippen LogP contribution is 2.44. The lowest BCUT2D eigenvalue weighted by atomic mass is 9.93. The fraction of sp³-hybridized carbons (Fsp3) is 0.444. The number of halogens is 1. The van der Waals surface area contributed by atoms with Crippen LogP contribution in [-0.4, -0.2) is 64.8 Å². The molecule has 56 heavy (non-hydrogen) atoms. The number of aliphatic hydroxyl groups excluding tert-OH is 1. The van der Waals surface area contributed by atoms with Gasteiger partial charge in [-0.25, -0.2) is 0 Å². The van der Waals surface area contributed by atoms with Crippen LogP contribution in [-0.2, 0) is 24.4 Å². The Morgan fingerprint density at radius 1 is 0.982 bits per heavy atom. The van der Waals surface area contributed by atoms with Crippen LogP contribution in [0.1, 0.15) is 90.9 Å². The lowest BCUT2D eigenvalue weighted by Gasteiger charge is -2.37. The summed E-state index contributed by atoms with van der Waals surface area (Å²) < 4.78 is 19.5. The Kier molecular flexibility index (Phi) is 11.8. The van der Waals surface area contributed by atoms with Gasteiger partial charge in [0.05, 0.1) is 23.3 Å². The molecule has 3 saturated heterocycles. The van der Waals surface area contributed by atoms with Gasteiger partial charge in [0, 0.05) is 73.8 Å². The third-order valence-electron chi connectivity index (χ3n) is 12.0. The summed E-state index contributed by atoms with van der Waals surface area (Å²) in [5.74, 6) is 2.16. The summed E-state index contributed by atoms with van der Waals surface area (Å²) in [6.07, 6.45) is 11.1. The highest BCUT2D eigenvalue weighted by molar-refractivity contribution is 6.32. The number of nitrogens with zero attached hydrogens (tertiary/aromatic N) is 3. The molecule has 1 aromatic heterocycles. The summed E-state index contributed by atoms with van der Waals surface area (Å²) in [5.41, 5.74) is 8.03. The van der Waals surface area contributed by atoms with Gasteiger partial charge in [0.15, 0.2) is 0 Å². The van der Waals surface area contributed by atoms with Gasteiger partial charge in [0.1, 0.15) is 36.0 Å². The number of nitrogens with one attached hydrogen (secondary N) is 2. The number of hydrogen-bond donors (Lipinski definition) is 3. The number of nitriles is 1. The number of hydrogen-bond acceptors (Lipinski definition) is 9. The minimum atomic E-state index is -0.187. The van der Waals surface area contributed by atoms with Gasteiger partial charge in [0.2, 0.25) is 5.91 Å². The Morgan fingerprint density at radius 2 is 1.80 bits per heavy atom. The molecule has 3 unspecified atom stereocenters. The van der Waals surface area contributed by atoms with E-state index in [4.69, 9.17) is 25.8 Å². The lowest BCUT2D eigenvalue weighted by Crippen LogP contribution is -2.45. The molecule has 292 valence electrons. The number of benzene rings is 3. The van der Waals surface area contributed by atoms with Crippen LogP contribution in [0.3, 0.4) is 0 Å². The maximum absolute atomic E-state index is 11.7. The predicted octanol–water partition coefficient (Wildman–Crippen LogP) is 7.35. The number of carbonyl (C=O) groups excluding carboxylic acids is 1. The van der Waals surface area contributed by atoms with Gasteiger partial charge >= 0.3 is 0 Å². The normalized spacial score (nSPS) is 22.8. The zero-order valence-corrected chi connectivity index (χ0v) is 32.7. The number of aromatic nitrogens is 1. The van der Waals surface area contributed by atoms with Gasteiger partial charge in [-0.1, -0.05) is 41.9 Å². The van der Waals surface area contributed by atoms with Crippen molar-refractivity contribution in [2.75, 3.05) is 19.7 Å². The van der Waals surface area contributed by atoms with Crippen molar-refractivity contribution in [1.82, 2.24) is 20.5 Å². The van der Waals surface area contributed by atoms with E-state index in [9.17, 15) is 15.2 Å². The number of fused-ring (bicyclic) bond motifs is 3. The second kappa shape index (κ2) is 17.2. The van der Waals surface area contributed by atoms with E-state index < -0.39 is 0 Å². The second-order valence-corrected chi connectivity index (χ2v) is 16.1. The van der Waals surface area contributed by atoms with E-state index in [-0.39, 0.29) is 30.8 Å². The first kappa shape index (κ1) is 38.2. The van der Waals surface area contributed by atoms with Crippen molar-refractivity contribution >= 4 is 17.5 Å². The van der Waals surface area contributed by atoms with Crippen LogP contribution in [0.25, 0.3) is 11.1 Å². The molecule has 4 aliphatic rings. The summed E-state index contributed by atoms with van der Waals surface area (Å²) in [6.45, 7) is 5.16. The molecule has 10 nitrogen and oxygen atoms in total. The molecule has 0 radical (unpaired) electrons. The molecule has 3 aromatic carbocycles. The van der Waals surface area contributed by atoms with Gasteiger partial charge in [-0.2, -0.15) is 5.26 Å². The van der Waals surface area contributed by atoms with Gasteiger partial charge in [-0.05, 0) is 104 Å². The summed E-state index contributed by atoms with van der Waals surface area (Å²) in [4.78, 5) is 18.5. The van der Waals surface area contributed by atoms with Gasteiger partial charge in [0.25, 0.3) is 0 Å². The van der Waals surface area contributed by atoms with E-state index in [2.05, 4.69) is 69.9 Å². The quantitative estimate of drug-likeness (QED) is 0.106. The minimum Gasteiger partial charge on any atom is -0.493 e. The first-order valence-corrected chi connectivity index (χ1v) is 20.4. The zero-order valence-electron chi connectivity index (χ0n) is 31.9. The van der Waals surface area contributed by atoms with Crippen molar-refractivity contribution in [2.24, 2.45) is 0 Å². The topological polar surface area (TPSA) is 129 Å². The molecule has 1 amide bonds. The average molecular weight is 776 g/mol. The Labute approximate surface area is 334 Å². The van der Waals surface area contributed by atoms with Crippen molar-refractivity contribution in [1.29, 1.82) is 5.26 Å². The van der Waals surface area contributed by atoms with E-state index in [0.29, 0.717) is 60.3 Å². The Bertz CT molecular complexity index is 2090. The van der Waals surface area contributed by atoms with Crippen LogP contribution >= 0.6 is 11.6 Å². The fourth-order valence-electron chi connectivity index (χ4n) is 9.19. The van der Waals surface area contributed by atoms with Crippen molar-refractivity contribution in [3.05, 3.63) is 105 Å². The van der Waals surface area contributed by atoms with Crippen molar-refractivity contribution in [3.8, 4) is 34.4 Å². The number of piperidine rings is 1. The molecule has 0 saturated carbocycles. The standard InChI is InChI=1S/C45H50ClN5O5/c1-28-36(5-3-8-41(28)54-16-4-15-51-33-10-11-34(51)20-35(52)19-33)37-6-2-7-39-38(37)12-13-42(39)56-44-21-43(55-27-30-17-29(22-47)23-48-24-30)31(18-40(44)46)25-49-26-32-9-14-45(53)50-32/h2-3,5-8,17-18,21,23-24,32-35,42,49,52H,4,9-16,19-20,25-27H2,1H3,(H,50,53)/t32?,33?,34?,35?,42-/m0/s1. The Hall–Kier alpha value is -4.66. The molecule has 8 rings (SSSR count). The molecule has 0 spiro atoms. The van der Waals surface area contributed by atoms with Crippen LogP contribution in [0.5, 0.6) is 17.2 Å². The zero-order chi connectivity index (χ0) is 38.6. The highest BCUT2D eigenvalue weighted by atomic mass is 35.5. The second-order valence-electron chi connectivity index (χ2n) is 15.7. The molecule has 4 heterocycles. The largest absolute Gasteiger partial charge is 0.493 e. The van der Waals surface area contributed by atoms with Crippen molar-refractivity contribution in [3.63, 3.8) is 0 Å². The maximum atomic E-state index is 11.7. The maximum Gasteiger partial charge on any atom is 0.220 e. The number of rotatable bonds is 15. The van der Waals surface area contributed by atoms with Crippen molar-refractivity contribution < 1.29 is 24.1 Å². The number of amides is 1. The van der Waals surface area contributed by atoms with E-state index in [1.165, 1.54) is 35.7 Å². The predicted molar refractivity (Wildman–Crippen MR) is 215 cm³/mol. The van der Waals surface area contributed by atoms with Crippen LogP contribution in [0.4, 0.5) is 0 Å². The van der Waals surface area contributed by atoms with Crippen LogP contribution in [0, 0.1) is 18.3 Å². The van der Waals surface area contributed by atoms with E-state index >= 15 is 0 Å². The summed E-state index contributed by atoms with van der Waals surface area (Å²) in [7, 11) is 0. The molecule has 2 bridgehead atoms. The minimum absolute atomic E-state index is 0.0841. The van der Waals surface area contributed by atoms with E-state index in [1.54, 1.807) is 12.3 Å². The third kappa shape index (κ3) is 8.52. The molecular formula is C45H50ClN5O5. The fourth-order valence-corrected chi connectivity index (χ4v) is 9.42. The Balaban J connectivity index is 0.959. The van der Waals surface area contributed by atoms with Gasteiger partial charge in [-0.15, -0.1) is 0 Å². The Morgan fingerprint density at radius 3 is 2.61 bits per heavy atom. The molecule has 3 N–H and O–H groups in total. The monoisotopic (exact) mass is 775 g/mol. The molecule has 4 atom stereocenters. The molecule has 4 aromatic rings. The van der Waals surface area contributed by atoms with Crippen molar-refractivity contribution in [2.45, 2.75) is 108 Å². The summed E-state index contributed by atoms with van der Waals surface area (Å²) in [6, 6.07) is 21.6. The highest BCUT2D eigenvalue weighted by Gasteiger charge is 2.39. The smallest absolute Gasteiger partial charge is 0.220 e. The molecular weight excluding hydrogens is 726 g/mol. The number of pyridine rings is 1. The number of aliphatic hydroxyl groups is 1. The third-order valence-corrected chi connectivity index (χ3v) is 12.3. The first-order valence-electron chi connectivity index (χ1n) is 20.1. The van der Waals surface area contributed by atoms with E-state index in [1.807, 2.05) is 12.1 Å².